The Hall–Kier alpha value is -4.17. The molecule has 4 aromatic rings. The Kier molecular flexibility index (Phi) is 9.08. The summed E-state index contributed by atoms with van der Waals surface area (Å²) in [6, 6.07) is 13.3. The van der Waals surface area contributed by atoms with Crippen molar-refractivity contribution in [3.05, 3.63) is 94.0 Å². The number of carboxylic acids is 1. The van der Waals surface area contributed by atoms with Crippen molar-refractivity contribution in [2.45, 2.75) is 37.7 Å². The number of carbonyl (C=O) groups is 1. The molecule has 15 heteroatoms. The van der Waals surface area contributed by atoms with Gasteiger partial charge in [0, 0.05) is 11.1 Å². The van der Waals surface area contributed by atoms with E-state index in [1.165, 1.54) is 41.3 Å². The predicted molar refractivity (Wildman–Crippen MR) is 149 cm³/mol. The number of aromatic carboxylic acids is 1. The number of hydrogen-bond acceptors (Lipinski definition) is 5. The molecule has 1 aliphatic rings. The summed E-state index contributed by atoms with van der Waals surface area (Å²) in [6.07, 6.45) is -7.81. The molecule has 0 unspecified atom stereocenters. The van der Waals surface area contributed by atoms with Crippen LogP contribution in [0.5, 0.6) is 5.75 Å². The van der Waals surface area contributed by atoms with Gasteiger partial charge in [-0.25, -0.2) is 18.9 Å². The monoisotopic (exact) mass is 656 g/mol. The van der Waals surface area contributed by atoms with Crippen LogP contribution in [0.15, 0.2) is 60.8 Å². The molecule has 1 fully saturated rings. The highest BCUT2D eigenvalue weighted by atomic mass is 35.5. The molecule has 0 amide bonds. The van der Waals surface area contributed by atoms with Crippen LogP contribution in [-0.2, 0) is 12.8 Å². The van der Waals surface area contributed by atoms with Gasteiger partial charge in [-0.05, 0) is 67.7 Å². The minimum Gasteiger partial charge on any atom is -0.487 e. The summed E-state index contributed by atoms with van der Waals surface area (Å²) in [5.74, 6) is -2.71. The fourth-order valence-electron chi connectivity index (χ4n) is 5.26. The van der Waals surface area contributed by atoms with Crippen molar-refractivity contribution in [3.63, 3.8) is 0 Å². The van der Waals surface area contributed by atoms with E-state index in [1.807, 2.05) is 0 Å². The van der Waals surface area contributed by atoms with Crippen LogP contribution in [0.25, 0.3) is 17.1 Å². The van der Waals surface area contributed by atoms with Gasteiger partial charge in [0.1, 0.15) is 23.7 Å². The molecule has 2 aromatic heterocycles. The summed E-state index contributed by atoms with van der Waals surface area (Å²) in [4.78, 5) is 17.0. The molecule has 0 spiro atoms. The highest BCUT2D eigenvalue weighted by Gasteiger charge is 2.41. The molecule has 1 saturated heterocycles. The highest BCUT2D eigenvalue weighted by Crippen LogP contribution is 2.38. The van der Waals surface area contributed by atoms with E-state index in [0.29, 0.717) is 29.3 Å². The lowest BCUT2D eigenvalue weighted by Gasteiger charge is -2.32. The molecule has 238 valence electrons. The summed E-state index contributed by atoms with van der Waals surface area (Å²) in [6.45, 7) is -0.747. The first kappa shape index (κ1) is 32.2. The fourth-order valence-corrected chi connectivity index (χ4v) is 5.49. The van der Waals surface area contributed by atoms with Gasteiger partial charge in [-0.15, -0.1) is 0 Å². The molecule has 5 rings (SSSR count). The van der Waals surface area contributed by atoms with Crippen molar-refractivity contribution >= 4 is 17.6 Å². The third kappa shape index (κ3) is 7.39. The third-order valence-corrected chi connectivity index (χ3v) is 7.67. The second-order valence-electron chi connectivity index (χ2n) is 10.4. The number of nitrogens with zero attached hydrogens (tertiary/aromatic N) is 4. The van der Waals surface area contributed by atoms with Gasteiger partial charge in [-0.3, -0.25) is 4.90 Å². The Morgan fingerprint density at radius 1 is 1.02 bits per heavy atom. The van der Waals surface area contributed by atoms with Crippen molar-refractivity contribution in [2.75, 3.05) is 19.6 Å². The van der Waals surface area contributed by atoms with Crippen LogP contribution < -0.4 is 4.74 Å². The zero-order chi connectivity index (χ0) is 32.5. The minimum atomic E-state index is -5.05. The van der Waals surface area contributed by atoms with Crippen molar-refractivity contribution in [1.82, 2.24) is 19.7 Å². The average Bonchev–Trinajstić information content (AvgIpc) is 3.44. The number of para-hydroxylation sites is 1. The van der Waals surface area contributed by atoms with Gasteiger partial charge in [0.25, 0.3) is 0 Å². The molecule has 0 aliphatic carbocycles. The zero-order valence-electron chi connectivity index (χ0n) is 23.2. The molecule has 0 saturated carbocycles. The molecule has 0 bridgehead atoms. The first-order valence-electron chi connectivity index (χ1n) is 13.6. The van der Waals surface area contributed by atoms with E-state index >= 15 is 4.39 Å². The Morgan fingerprint density at radius 2 is 1.73 bits per heavy atom. The number of hydrogen-bond donors (Lipinski definition) is 1. The third-order valence-electron chi connectivity index (χ3n) is 7.37. The molecular formula is C30H24ClF7N4O3. The standard InChI is InChI=1S/C30H24ClF7N4O3/c31-22-4-1-3-20(24-5-2-6-25(40-24)42-27(30(36,37)38)21(14-39-42)28(43)44)26(22)45-15-19-8-7-18(13-23(19)32)17-9-11-41(12-10-17)16-29(33,34)35/h1-8,13-14,17H,9-12,15-16H2,(H,43,44). The number of aromatic nitrogens is 3. The number of carboxylic acid groups (broad SMARTS) is 1. The minimum absolute atomic E-state index is 0.0760. The summed E-state index contributed by atoms with van der Waals surface area (Å²) >= 11 is 6.39. The molecular weight excluding hydrogens is 633 g/mol. The number of alkyl halides is 6. The lowest BCUT2D eigenvalue weighted by atomic mass is 9.89. The number of pyridine rings is 1. The van der Waals surface area contributed by atoms with Crippen molar-refractivity contribution in [1.29, 1.82) is 0 Å². The van der Waals surface area contributed by atoms with E-state index < -0.39 is 41.9 Å². The Labute approximate surface area is 256 Å². The van der Waals surface area contributed by atoms with Crippen LogP contribution in [0.1, 0.15) is 45.9 Å². The van der Waals surface area contributed by atoms with E-state index in [9.17, 15) is 36.2 Å². The molecule has 1 N–H and O–H groups in total. The first-order chi connectivity index (χ1) is 21.2. The molecule has 1 aliphatic heterocycles. The average molecular weight is 657 g/mol. The van der Waals surface area contributed by atoms with Crippen LogP contribution >= 0.6 is 11.6 Å². The Balaban J connectivity index is 1.35. The van der Waals surface area contributed by atoms with Gasteiger partial charge < -0.3 is 9.84 Å². The summed E-state index contributed by atoms with van der Waals surface area (Å²) in [7, 11) is 0. The largest absolute Gasteiger partial charge is 0.487 e. The van der Waals surface area contributed by atoms with Crippen molar-refractivity contribution in [2.24, 2.45) is 0 Å². The van der Waals surface area contributed by atoms with Crippen molar-refractivity contribution < 1.29 is 45.4 Å². The Morgan fingerprint density at radius 3 is 2.38 bits per heavy atom. The number of likely N-dealkylation sites (tertiary alicyclic amines) is 1. The lowest BCUT2D eigenvalue weighted by molar-refractivity contribution is -0.148. The summed E-state index contributed by atoms with van der Waals surface area (Å²) < 4.78 is 101. The smallest absolute Gasteiger partial charge is 0.434 e. The quantitative estimate of drug-likeness (QED) is 0.195. The maximum Gasteiger partial charge on any atom is 0.434 e. The molecule has 7 nitrogen and oxygen atoms in total. The maximum absolute atomic E-state index is 15.1. The predicted octanol–water partition coefficient (Wildman–Crippen LogP) is 7.76. The van der Waals surface area contributed by atoms with Gasteiger partial charge in [0.05, 0.1) is 23.5 Å². The molecule has 45 heavy (non-hydrogen) atoms. The van der Waals surface area contributed by atoms with Gasteiger partial charge in [0.15, 0.2) is 11.5 Å². The van der Waals surface area contributed by atoms with Gasteiger partial charge in [-0.2, -0.15) is 31.4 Å². The van der Waals surface area contributed by atoms with Crippen LogP contribution in [0, 0.1) is 5.82 Å². The van der Waals surface area contributed by atoms with Crippen LogP contribution in [-0.4, -0.2) is 56.6 Å². The summed E-state index contributed by atoms with van der Waals surface area (Å²) in [5.41, 5.74) is -1.31. The number of rotatable bonds is 8. The first-order valence-corrected chi connectivity index (χ1v) is 13.9. The SMILES string of the molecule is O=C(O)c1cnn(-c2cccc(-c3cccc(Cl)c3OCc3ccc(C4CCN(CC(F)(F)F)CC4)cc3F)n2)c1C(F)(F)F. The van der Waals surface area contributed by atoms with Crippen molar-refractivity contribution in [3.8, 4) is 22.8 Å². The van der Waals surface area contributed by atoms with E-state index in [-0.39, 0.29) is 59.0 Å². The zero-order valence-corrected chi connectivity index (χ0v) is 23.9. The number of halogens is 8. The second-order valence-corrected chi connectivity index (χ2v) is 10.8. The second kappa shape index (κ2) is 12.7. The number of piperidine rings is 1. The van der Waals surface area contributed by atoms with E-state index in [2.05, 4.69) is 10.1 Å². The normalized spacial score (nSPS) is 14.9. The number of ether oxygens (including phenoxy) is 1. The molecule has 3 heterocycles. The fraction of sp³-hybridized carbons (Fsp3) is 0.300. The van der Waals surface area contributed by atoms with Gasteiger partial charge in [0.2, 0.25) is 0 Å². The van der Waals surface area contributed by atoms with Crippen LogP contribution in [0.2, 0.25) is 5.02 Å². The molecule has 0 atom stereocenters. The van der Waals surface area contributed by atoms with E-state index in [4.69, 9.17) is 16.3 Å². The van der Waals surface area contributed by atoms with Crippen LogP contribution in [0.4, 0.5) is 30.7 Å². The Bertz CT molecular complexity index is 1700. The molecule has 0 radical (unpaired) electrons. The van der Waals surface area contributed by atoms with Gasteiger partial charge >= 0.3 is 18.3 Å². The maximum atomic E-state index is 15.1. The lowest BCUT2D eigenvalue weighted by Crippen LogP contribution is -2.39. The highest BCUT2D eigenvalue weighted by molar-refractivity contribution is 6.32. The topological polar surface area (TPSA) is 80.5 Å². The number of benzene rings is 2. The van der Waals surface area contributed by atoms with E-state index in [0.717, 1.165) is 0 Å². The van der Waals surface area contributed by atoms with Crippen LogP contribution in [0.3, 0.4) is 0 Å². The summed E-state index contributed by atoms with van der Waals surface area (Å²) in [5, 5.41) is 12.9. The van der Waals surface area contributed by atoms with Gasteiger partial charge in [-0.1, -0.05) is 35.9 Å². The molecule has 2 aromatic carbocycles. The van der Waals surface area contributed by atoms with E-state index in [1.54, 1.807) is 18.2 Å².